The third kappa shape index (κ3) is 6.02. The van der Waals surface area contributed by atoms with E-state index in [0.29, 0.717) is 0 Å². The highest BCUT2D eigenvalue weighted by atomic mass is 16.6. The van der Waals surface area contributed by atoms with Crippen LogP contribution in [0.4, 0.5) is 0 Å². The van der Waals surface area contributed by atoms with Crippen molar-refractivity contribution in [2.24, 2.45) is 23.2 Å². The van der Waals surface area contributed by atoms with Gasteiger partial charge in [0.05, 0.1) is 40.6 Å². The van der Waals surface area contributed by atoms with Gasteiger partial charge in [0.15, 0.2) is 12.2 Å². The Morgan fingerprint density at radius 3 is 1.96 bits per heavy atom. The first-order valence-electron chi connectivity index (χ1n) is 15.8. The van der Waals surface area contributed by atoms with Crippen molar-refractivity contribution in [3.8, 4) is 0 Å². The summed E-state index contributed by atoms with van der Waals surface area (Å²) >= 11 is 0. The molecule has 2 bridgehead atoms. The monoisotopic (exact) mass is 662 g/mol. The lowest BCUT2D eigenvalue weighted by molar-refractivity contribution is -0.363. The zero-order valence-corrected chi connectivity index (χ0v) is 28.3. The number of carbonyl (C=O) groups is 5. The summed E-state index contributed by atoms with van der Waals surface area (Å²) in [7, 11) is 0. The second-order valence-corrected chi connectivity index (χ2v) is 14.1. The Labute approximate surface area is 274 Å². The Balaban J connectivity index is 2.13. The maximum Gasteiger partial charge on any atom is 0.338 e. The van der Waals surface area contributed by atoms with Gasteiger partial charge in [0.2, 0.25) is 0 Å². The van der Waals surface area contributed by atoms with Crippen LogP contribution in [0.2, 0.25) is 0 Å². The molecular formula is C34H46O13. The summed E-state index contributed by atoms with van der Waals surface area (Å²) in [6, 6.07) is 7.90. The number of benzene rings is 1. The van der Waals surface area contributed by atoms with Gasteiger partial charge >= 0.3 is 29.8 Å². The van der Waals surface area contributed by atoms with Crippen molar-refractivity contribution >= 4 is 29.8 Å². The number of fused-ring (bicyclic) bond motifs is 1. The van der Waals surface area contributed by atoms with Crippen molar-refractivity contribution < 1.29 is 62.6 Å². The van der Waals surface area contributed by atoms with Crippen molar-refractivity contribution in [1.82, 2.24) is 0 Å². The van der Waals surface area contributed by atoms with E-state index in [0.717, 1.165) is 13.8 Å². The van der Waals surface area contributed by atoms with Crippen LogP contribution in [0.15, 0.2) is 30.3 Å². The number of hydrogen-bond acceptors (Lipinski definition) is 13. The zero-order chi connectivity index (χ0) is 35.3. The first-order chi connectivity index (χ1) is 21.7. The quantitative estimate of drug-likeness (QED) is 0.291. The number of aliphatic hydroxyl groups is 2. The standard InChI is InChI=1S/C34H46O13/c1-17(2)28(38)42-16-33-26(44-20(6)36)22(43-19(5)35)15-32(9,41)34(33)25(37)23(31(7,8)47-34)24(45-29(39)18(3)4)27(33)46-30(40)21-13-11-10-12-14-21/h10-14,17-18,22-27,37,41H,15-16H2,1-9H3. The molecule has 2 N–H and O–H groups in total. The van der Waals surface area contributed by atoms with Gasteiger partial charge in [-0.3, -0.25) is 19.2 Å². The summed E-state index contributed by atoms with van der Waals surface area (Å²) < 4.78 is 36.5. The number of esters is 5. The van der Waals surface area contributed by atoms with Crippen LogP contribution in [-0.4, -0.2) is 94.0 Å². The van der Waals surface area contributed by atoms with E-state index >= 15 is 0 Å². The third-order valence-corrected chi connectivity index (χ3v) is 9.58. The smallest absolute Gasteiger partial charge is 0.338 e. The Morgan fingerprint density at radius 1 is 0.851 bits per heavy atom. The molecule has 13 heteroatoms. The summed E-state index contributed by atoms with van der Waals surface area (Å²) in [6.45, 7) is 12.4. The largest absolute Gasteiger partial charge is 0.464 e. The lowest BCUT2D eigenvalue weighted by Crippen LogP contribution is -2.85. The minimum Gasteiger partial charge on any atom is -0.464 e. The van der Waals surface area contributed by atoms with Gasteiger partial charge in [-0.2, -0.15) is 0 Å². The maximum absolute atomic E-state index is 13.9. The molecule has 2 saturated carbocycles. The average molecular weight is 663 g/mol. The Bertz CT molecular complexity index is 1390. The number of aliphatic hydroxyl groups excluding tert-OH is 1. The number of hydrogen-bond donors (Lipinski definition) is 2. The Hall–Kier alpha value is -3.55. The van der Waals surface area contributed by atoms with Crippen LogP contribution in [-0.2, 0) is 47.6 Å². The van der Waals surface area contributed by atoms with Crippen molar-refractivity contribution in [1.29, 1.82) is 0 Å². The molecule has 0 amide bonds. The number of ether oxygens (including phenoxy) is 6. The van der Waals surface area contributed by atoms with E-state index in [2.05, 4.69) is 0 Å². The molecule has 1 heterocycles. The molecule has 9 unspecified atom stereocenters. The molecule has 2 aliphatic carbocycles. The fourth-order valence-corrected chi connectivity index (χ4v) is 7.74. The molecule has 1 aliphatic heterocycles. The molecule has 47 heavy (non-hydrogen) atoms. The van der Waals surface area contributed by atoms with E-state index in [-0.39, 0.29) is 5.56 Å². The second-order valence-electron chi connectivity index (χ2n) is 14.1. The molecule has 4 rings (SSSR count). The van der Waals surface area contributed by atoms with Crippen molar-refractivity contribution in [2.75, 3.05) is 6.61 Å². The fraction of sp³-hybridized carbons (Fsp3) is 0.676. The van der Waals surface area contributed by atoms with Crippen molar-refractivity contribution in [2.45, 2.75) is 116 Å². The molecule has 13 nitrogen and oxygen atoms in total. The highest BCUT2D eigenvalue weighted by molar-refractivity contribution is 5.89. The Kier molecular flexibility index (Phi) is 9.89. The van der Waals surface area contributed by atoms with Gasteiger partial charge in [0.1, 0.15) is 29.8 Å². The van der Waals surface area contributed by atoms with E-state index in [4.69, 9.17) is 28.4 Å². The molecular weight excluding hydrogens is 616 g/mol. The van der Waals surface area contributed by atoms with E-state index in [1.807, 2.05) is 0 Å². The van der Waals surface area contributed by atoms with Gasteiger partial charge in [-0.05, 0) is 32.9 Å². The zero-order valence-electron chi connectivity index (χ0n) is 28.3. The summed E-state index contributed by atoms with van der Waals surface area (Å²) in [4.78, 5) is 65.7. The molecule has 0 radical (unpaired) electrons. The van der Waals surface area contributed by atoms with Crippen LogP contribution in [0.1, 0.15) is 79.1 Å². The third-order valence-electron chi connectivity index (χ3n) is 9.58. The van der Waals surface area contributed by atoms with Gasteiger partial charge in [-0.1, -0.05) is 45.9 Å². The topological polar surface area (TPSA) is 181 Å². The van der Waals surface area contributed by atoms with Crippen LogP contribution in [0, 0.1) is 23.2 Å². The minimum absolute atomic E-state index is 0.103. The van der Waals surface area contributed by atoms with Crippen molar-refractivity contribution in [3.05, 3.63) is 35.9 Å². The van der Waals surface area contributed by atoms with Crippen LogP contribution >= 0.6 is 0 Å². The first kappa shape index (κ1) is 36.3. The second kappa shape index (κ2) is 12.8. The van der Waals surface area contributed by atoms with Crippen LogP contribution < -0.4 is 0 Å². The van der Waals surface area contributed by atoms with Gasteiger partial charge in [0, 0.05) is 20.3 Å². The fourth-order valence-electron chi connectivity index (χ4n) is 7.74. The summed E-state index contributed by atoms with van der Waals surface area (Å²) in [5, 5.41) is 24.9. The molecule has 3 aliphatic rings. The van der Waals surface area contributed by atoms with Gasteiger partial charge in [0.25, 0.3) is 0 Å². The highest BCUT2D eigenvalue weighted by Gasteiger charge is 2.88. The normalized spacial score (nSPS) is 35.4. The number of rotatable bonds is 9. The van der Waals surface area contributed by atoms with E-state index in [1.165, 1.54) is 19.1 Å². The molecule has 9 atom stereocenters. The SMILES string of the molecule is CC(=O)OC1CC(C)(O)C23OC(C)(C)C(C(OC(=O)C(C)C)C(OC(=O)c4ccccc4)C2(COC(=O)C(C)C)C1OC(C)=O)C3O. The van der Waals surface area contributed by atoms with E-state index in [9.17, 15) is 34.2 Å². The molecule has 1 saturated heterocycles. The molecule has 1 spiro atoms. The molecule has 0 aromatic heterocycles. The van der Waals surface area contributed by atoms with Gasteiger partial charge < -0.3 is 38.6 Å². The lowest BCUT2D eigenvalue weighted by Gasteiger charge is -2.66. The molecule has 3 fully saturated rings. The minimum atomic E-state index is -2.23. The van der Waals surface area contributed by atoms with Gasteiger partial charge in [-0.15, -0.1) is 0 Å². The molecule has 260 valence electrons. The predicted octanol–water partition coefficient (Wildman–Crippen LogP) is 2.52. The number of carbonyl (C=O) groups excluding carboxylic acids is 5. The maximum atomic E-state index is 13.9. The summed E-state index contributed by atoms with van der Waals surface area (Å²) in [6.07, 6.45) is -8.38. The van der Waals surface area contributed by atoms with Crippen LogP contribution in [0.3, 0.4) is 0 Å². The van der Waals surface area contributed by atoms with Gasteiger partial charge in [-0.25, -0.2) is 4.79 Å². The summed E-state index contributed by atoms with van der Waals surface area (Å²) in [5.41, 5.74) is -7.86. The lowest BCUT2D eigenvalue weighted by atomic mass is 9.45. The molecule has 1 aromatic rings. The first-order valence-corrected chi connectivity index (χ1v) is 15.8. The molecule has 1 aromatic carbocycles. The van der Waals surface area contributed by atoms with E-state index < -0.39 is 113 Å². The average Bonchev–Trinajstić information content (AvgIpc) is 3.14. The van der Waals surface area contributed by atoms with E-state index in [1.54, 1.807) is 59.7 Å². The van der Waals surface area contributed by atoms with Crippen LogP contribution in [0.5, 0.6) is 0 Å². The predicted molar refractivity (Wildman–Crippen MR) is 162 cm³/mol. The highest BCUT2D eigenvalue weighted by Crippen LogP contribution is 2.69. The van der Waals surface area contributed by atoms with Crippen LogP contribution in [0.25, 0.3) is 0 Å². The summed E-state index contributed by atoms with van der Waals surface area (Å²) in [5.74, 6) is -6.44. The van der Waals surface area contributed by atoms with Crippen molar-refractivity contribution in [3.63, 3.8) is 0 Å². The Morgan fingerprint density at radius 2 is 1.43 bits per heavy atom.